The summed E-state index contributed by atoms with van der Waals surface area (Å²) < 4.78 is 40.9. The maximum absolute atomic E-state index is 12.5. The van der Waals surface area contributed by atoms with Gasteiger partial charge in [0.25, 0.3) is 0 Å². The van der Waals surface area contributed by atoms with Gasteiger partial charge in [0.05, 0.1) is 6.04 Å². The topological polar surface area (TPSA) is 84.7 Å². The second kappa shape index (κ2) is 9.27. The first-order chi connectivity index (χ1) is 12.1. The molecule has 10 heteroatoms. The van der Waals surface area contributed by atoms with Crippen LogP contribution in [0.1, 0.15) is 26.7 Å². The summed E-state index contributed by atoms with van der Waals surface area (Å²) in [6.45, 7) is 4.03. The first kappa shape index (κ1) is 23.0. The van der Waals surface area contributed by atoms with Crippen LogP contribution < -0.4 is 20.7 Å². The van der Waals surface area contributed by atoms with Gasteiger partial charge in [0.15, 0.2) is 0 Å². The zero-order valence-electron chi connectivity index (χ0n) is 15.0. The van der Waals surface area contributed by atoms with Crippen LogP contribution in [0.2, 0.25) is 0 Å². The Morgan fingerprint density at radius 2 is 2.11 bits per heavy atom. The van der Waals surface area contributed by atoms with Crippen LogP contribution in [0.25, 0.3) is 0 Å². The molecule has 1 fully saturated rings. The summed E-state index contributed by atoms with van der Waals surface area (Å²) in [5, 5.41) is 2.63. The van der Waals surface area contributed by atoms with Gasteiger partial charge in [-0.05, 0) is 24.5 Å². The number of carbonyl (C=O) groups is 2. The van der Waals surface area contributed by atoms with E-state index < -0.39 is 30.1 Å². The lowest BCUT2D eigenvalue weighted by molar-refractivity contribution is -0.274. The summed E-state index contributed by atoms with van der Waals surface area (Å²) in [4.78, 5) is 26.0. The lowest BCUT2D eigenvalue weighted by atomic mass is 9.99. The molecule has 6 nitrogen and oxygen atoms in total. The molecule has 152 valence electrons. The largest absolute Gasteiger partial charge is 0.573 e. The van der Waals surface area contributed by atoms with E-state index >= 15 is 0 Å². The summed E-state index contributed by atoms with van der Waals surface area (Å²) in [5.41, 5.74) is 6.14. The highest BCUT2D eigenvalue weighted by Crippen LogP contribution is 2.29. The van der Waals surface area contributed by atoms with E-state index in [4.69, 9.17) is 5.73 Å². The van der Waals surface area contributed by atoms with Crippen LogP contribution in [-0.2, 0) is 9.59 Å². The molecule has 3 N–H and O–H groups in total. The van der Waals surface area contributed by atoms with Crippen LogP contribution in [0.15, 0.2) is 24.3 Å². The van der Waals surface area contributed by atoms with Gasteiger partial charge >= 0.3 is 6.36 Å². The smallest absolute Gasteiger partial charge is 0.406 e. The Bertz CT molecular complexity index is 672. The number of nitrogens with zero attached hydrogens (tertiary/aromatic N) is 1. The Balaban J connectivity index is 0.00000364. The van der Waals surface area contributed by atoms with Crippen LogP contribution >= 0.6 is 12.4 Å². The maximum Gasteiger partial charge on any atom is 0.573 e. The Morgan fingerprint density at radius 1 is 1.44 bits per heavy atom. The molecule has 3 atom stereocenters. The van der Waals surface area contributed by atoms with Gasteiger partial charge in [0.1, 0.15) is 11.8 Å². The van der Waals surface area contributed by atoms with E-state index in [2.05, 4.69) is 10.1 Å². The number of amides is 2. The summed E-state index contributed by atoms with van der Waals surface area (Å²) in [6.07, 6.45) is -3.73. The monoisotopic (exact) mass is 409 g/mol. The number of benzene rings is 1. The highest BCUT2D eigenvalue weighted by molar-refractivity contribution is 6.01. The van der Waals surface area contributed by atoms with Crippen molar-refractivity contribution < 1.29 is 27.5 Å². The van der Waals surface area contributed by atoms with E-state index in [0.29, 0.717) is 6.42 Å². The second-order valence-electron chi connectivity index (χ2n) is 6.30. The van der Waals surface area contributed by atoms with E-state index in [0.717, 1.165) is 18.6 Å². The van der Waals surface area contributed by atoms with Gasteiger partial charge in [-0.25, -0.2) is 0 Å². The molecule has 1 aliphatic heterocycles. The predicted molar refractivity (Wildman–Crippen MR) is 96.7 cm³/mol. The minimum Gasteiger partial charge on any atom is -0.406 e. The summed E-state index contributed by atoms with van der Waals surface area (Å²) in [7, 11) is 0. The van der Waals surface area contributed by atoms with Gasteiger partial charge in [-0.15, -0.1) is 25.6 Å². The lowest BCUT2D eigenvalue weighted by Gasteiger charge is -2.21. The van der Waals surface area contributed by atoms with Gasteiger partial charge in [0.2, 0.25) is 11.8 Å². The molecular weight excluding hydrogens is 387 g/mol. The lowest BCUT2D eigenvalue weighted by Crippen LogP contribution is -2.50. The van der Waals surface area contributed by atoms with Gasteiger partial charge < -0.3 is 20.7 Å². The van der Waals surface area contributed by atoms with Crippen molar-refractivity contribution in [3.63, 3.8) is 0 Å². The van der Waals surface area contributed by atoms with Crippen molar-refractivity contribution in [1.82, 2.24) is 5.32 Å². The SMILES string of the molecule is CCC(C)C(N)C(=O)NC1CCN(c2cccc(OC(F)(F)F)c2)C1=O.Cl. The standard InChI is InChI=1S/C17H22F3N3O3.ClH/c1-3-10(2)14(21)15(24)22-13-7-8-23(16(13)25)11-5-4-6-12(9-11)26-17(18,19)20;/h4-6,9-10,13-14H,3,7-8,21H2,1-2H3,(H,22,24);1H. The van der Waals surface area contributed by atoms with E-state index in [-0.39, 0.29) is 36.5 Å². The first-order valence-corrected chi connectivity index (χ1v) is 8.35. The number of halogens is 4. The summed E-state index contributed by atoms with van der Waals surface area (Å²) in [6, 6.07) is 3.71. The highest BCUT2D eigenvalue weighted by atomic mass is 35.5. The van der Waals surface area contributed by atoms with Crippen LogP contribution in [-0.4, -0.2) is 36.8 Å². The summed E-state index contributed by atoms with van der Waals surface area (Å²) >= 11 is 0. The highest BCUT2D eigenvalue weighted by Gasteiger charge is 2.36. The van der Waals surface area contributed by atoms with Crippen molar-refractivity contribution in [3.05, 3.63) is 24.3 Å². The molecule has 1 aromatic rings. The van der Waals surface area contributed by atoms with E-state index in [1.807, 2.05) is 13.8 Å². The van der Waals surface area contributed by atoms with Gasteiger partial charge in [-0.3, -0.25) is 9.59 Å². The van der Waals surface area contributed by atoms with E-state index in [9.17, 15) is 22.8 Å². The third-order valence-electron chi connectivity index (χ3n) is 4.44. The third kappa shape index (κ3) is 6.00. The van der Waals surface area contributed by atoms with Crippen molar-refractivity contribution in [2.24, 2.45) is 11.7 Å². The quantitative estimate of drug-likeness (QED) is 0.756. The number of hydrogen-bond acceptors (Lipinski definition) is 4. The molecule has 0 aliphatic carbocycles. The van der Waals surface area contributed by atoms with E-state index in [1.165, 1.54) is 17.0 Å². The number of carbonyl (C=O) groups excluding carboxylic acids is 2. The molecule has 0 bridgehead atoms. The van der Waals surface area contributed by atoms with Crippen molar-refractivity contribution in [1.29, 1.82) is 0 Å². The molecule has 1 saturated heterocycles. The molecule has 1 aromatic carbocycles. The van der Waals surface area contributed by atoms with Crippen molar-refractivity contribution in [3.8, 4) is 5.75 Å². The molecule has 1 aliphatic rings. The number of nitrogens with one attached hydrogen (secondary N) is 1. The molecule has 3 unspecified atom stereocenters. The number of hydrogen-bond donors (Lipinski definition) is 2. The summed E-state index contributed by atoms with van der Waals surface area (Å²) in [5.74, 6) is -1.24. The molecule has 0 aromatic heterocycles. The Labute approximate surface area is 161 Å². The molecule has 2 rings (SSSR count). The average Bonchev–Trinajstić information content (AvgIpc) is 2.92. The minimum atomic E-state index is -4.81. The molecule has 1 heterocycles. The molecule has 0 saturated carbocycles. The molecular formula is C17H23ClF3N3O3. The van der Waals surface area contributed by atoms with Crippen molar-refractivity contribution >= 4 is 29.9 Å². The van der Waals surface area contributed by atoms with Crippen LogP contribution in [0.3, 0.4) is 0 Å². The van der Waals surface area contributed by atoms with Crippen LogP contribution in [0, 0.1) is 5.92 Å². The average molecular weight is 410 g/mol. The fraction of sp³-hybridized carbons (Fsp3) is 0.529. The van der Waals surface area contributed by atoms with Gasteiger partial charge in [-0.2, -0.15) is 0 Å². The molecule has 0 spiro atoms. The Kier molecular flexibility index (Phi) is 7.91. The second-order valence-corrected chi connectivity index (χ2v) is 6.30. The Hall–Kier alpha value is -2.00. The van der Waals surface area contributed by atoms with Gasteiger partial charge in [-0.1, -0.05) is 26.3 Å². The van der Waals surface area contributed by atoms with Crippen molar-refractivity contribution in [2.75, 3.05) is 11.4 Å². The molecule has 27 heavy (non-hydrogen) atoms. The maximum atomic E-state index is 12.5. The number of anilines is 1. The van der Waals surface area contributed by atoms with E-state index in [1.54, 1.807) is 0 Å². The number of rotatable bonds is 6. The number of ether oxygens (including phenoxy) is 1. The van der Waals surface area contributed by atoms with Crippen molar-refractivity contribution in [2.45, 2.75) is 45.1 Å². The third-order valence-corrected chi connectivity index (χ3v) is 4.44. The first-order valence-electron chi connectivity index (χ1n) is 8.35. The molecule has 2 amide bonds. The predicted octanol–water partition coefficient (Wildman–Crippen LogP) is 2.60. The van der Waals surface area contributed by atoms with Crippen LogP contribution in [0.5, 0.6) is 5.75 Å². The fourth-order valence-electron chi connectivity index (χ4n) is 2.70. The minimum absolute atomic E-state index is 0. The molecule has 0 radical (unpaired) electrons. The Morgan fingerprint density at radius 3 is 2.70 bits per heavy atom. The zero-order chi connectivity index (χ0) is 19.5. The fourth-order valence-corrected chi connectivity index (χ4v) is 2.70. The number of nitrogens with two attached hydrogens (primary N) is 1. The number of alkyl halides is 3. The van der Waals surface area contributed by atoms with Gasteiger partial charge in [0, 0.05) is 18.3 Å². The normalized spacial score (nSPS) is 19.3. The zero-order valence-corrected chi connectivity index (χ0v) is 15.8. The van der Waals surface area contributed by atoms with Crippen LogP contribution in [0.4, 0.5) is 18.9 Å².